The van der Waals surface area contributed by atoms with Crippen molar-refractivity contribution in [2.75, 3.05) is 78.3 Å². The first-order chi connectivity index (χ1) is 41.7. The molecule has 0 spiro atoms. The monoisotopic (exact) mass is 1140 g/mol. The average molecular weight is 1150 g/mol. The third-order valence-electron chi connectivity index (χ3n) is 15.2. The van der Waals surface area contributed by atoms with Gasteiger partial charge in [0, 0.05) is 55.2 Å². The first-order valence-corrected chi connectivity index (χ1v) is 28.9. The smallest absolute Gasteiger partial charge is 0.420 e. The van der Waals surface area contributed by atoms with Gasteiger partial charge in [-0.25, -0.2) is 43.0 Å². The molecule has 436 valence electrons. The zero-order chi connectivity index (χ0) is 58.9. The van der Waals surface area contributed by atoms with Crippen molar-refractivity contribution < 1.29 is 47.5 Å². The zero-order valence-electron chi connectivity index (χ0n) is 48.4. The molecule has 0 atom stereocenters. The summed E-state index contributed by atoms with van der Waals surface area (Å²) < 4.78 is 45.3. The quantitative estimate of drug-likeness (QED) is 0.0407. The molecule has 1 N–H and O–H groups in total. The summed E-state index contributed by atoms with van der Waals surface area (Å²) in [5.74, 6) is 3.23. The number of piperazine rings is 1. The molecule has 0 saturated carbocycles. The highest BCUT2D eigenvalue weighted by Gasteiger charge is 2.38. The number of carbonyl (C=O) groups is 3. The van der Waals surface area contributed by atoms with Crippen molar-refractivity contribution in [3.63, 3.8) is 0 Å². The van der Waals surface area contributed by atoms with E-state index in [0.29, 0.717) is 80.4 Å². The molecule has 1 fully saturated rings. The van der Waals surface area contributed by atoms with Gasteiger partial charge in [0.2, 0.25) is 0 Å². The standard InChI is InChI=1S/C67H68N8O10/c1-6-81-64(76)73-58-33-20-46(62-70-56-43-47(21-34-59(56)74(62)65(77)82-7-2)63-71-57-44-51(72-38-36-68-37-39-72)26-35-60(57)75(63)66(78)83-8-3)42-55(58)69-61(73)45-18-27-54(28-19-45)84-40-14-9-10-15-41-85-67(48-16-12-11-13-17-48,49-22-29-52(79-4)30-23-49)50-24-31-53(80-5)32-25-50/h11-13,16-35,42-44,68H,6-10,14-15,36-41H2,1-5H3. The molecule has 0 radical (unpaired) electrons. The van der Waals surface area contributed by atoms with E-state index in [-0.39, 0.29) is 25.6 Å². The summed E-state index contributed by atoms with van der Waals surface area (Å²) >= 11 is 0. The molecule has 0 unspecified atom stereocenters. The molecule has 7 aromatic carbocycles. The van der Waals surface area contributed by atoms with Gasteiger partial charge in [0.25, 0.3) is 0 Å². The van der Waals surface area contributed by atoms with Gasteiger partial charge in [-0.15, -0.1) is 0 Å². The van der Waals surface area contributed by atoms with Crippen LogP contribution >= 0.6 is 0 Å². The van der Waals surface area contributed by atoms with Gasteiger partial charge in [-0.3, -0.25) is 0 Å². The number of anilines is 1. The van der Waals surface area contributed by atoms with E-state index >= 15 is 0 Å². The molecule has 0 bridgehead atoms. The van der Waals surface area contributed by atoms with Crippen molar-refractivity contribution in [1.82, 2.24) is 34.0 Å². The Morgan fingerprint density at radius 3 is 1.38 bits per heavy atom. The highest BCUT2D eigenvalue weighted by atomic mass is 16.6. The van der Waals surface area contributed by atoms with Crippen molar-refractivity contribution in [3.8, 4) is 51.4 Å². The summed E-state index contributed by atoms with van der Waals surface area (Å²) in [6, 6.07) is 50.5. The van der Waals surface area contributed by atoms with Crippen LogP contribution in [0.4, 0.5) is 20.1 Å². The third kappa shape index (κ3) is 11.8. The van der Waals surface area contributed by atoms with Crippen LogP contribution in [0.25, 0.3) is 67.3 Å². The number of nitrogens with one attached hydrogen (secondary N) is 1. The van der Waals surface area contributed by atoms with Crippen molar-refractivity contribution >= 4 is 57.1 Å². The van der Waals surface area contributed by atoms with E-state index in [9.17, 15) is 14.4 Å². The van der Waals surface area contributed by atoms with E-state index in [0.717, 1.165) is 85.7 Å². The fourth-order valence-electron chi connectivity index (χ4n) is 11.1. The topological polar surface area (TPSA) is 185 Å². The van der Waals surface area contributed by atoms with Crippen molar-refractivity contribution in [2.24, 2.45) is 0 Å². The number of ether oxygens (including phenoxy) is 7. The Morgan fingerprint density at radius 1 is 0.471 bits per heavy atom. The van der Waals surface area contributed by atoms with Gasteiger partial charge in [-0.1, -0.05) is 61.0 Å². The first kappa shape index (κ1) is 57.3. The van der Waals surface area contributed by atoms with E-state index < -0.39 is 23.9 Å². The normalized spacial score (nSPS) is 12.6. The highest BCUT2D eigenvalue weighted by Crippen LogP contribution is 2.42. The summed E-state index contributed by atoms with van der Waals surface area (Å²) in [5, 5.41) is 3.39. The van der Waals surface area contributed by atoms with Crippen LogP contribution in [0.15, 0.2) is 158 Å². The summed E-state index contributed by atoms with van der Waals surface area (Å²) in [6.07, 6.45) is 1.77. The molecule has 18 nitrogen and oxygen atoms in total. The molecular weight excluding hydrogens is 1080 g/mol. The van der Waals surface area contributed by atoms with Crippen LogP contribution in [0.2, 0.25) is 0 Å². The molecule has 1 aliphatic heterocycles. The number of methoxy groups -OCH3 is 2. The van der Waals surface area contributed by atoms with E-state index in [1.165, 1.54) is 13.7 Å². The molecule has 4 heterocycles. The lowest BCUT2D eigenvalue weighted by atomic mass is 9.80. The summed E-state index contributed by atoms with van der Waals surface area (Å²) in [6.45, 7) is 10.2. The lowest BCUT2D eigenvalue weighted by molar-refractivity contribution is 0.0105. The van der Waals surface area contributed by atoms with Gasteiger partial charge < -0.3 is 43.4 Å². The fourth-order valence-corrected chi connectivity index (χ4v) is 11.1. The van der Waals surface area contributed by atoms with Crippen LogP contribution in [-0.4, -0.2) is 120 Å². The molecular formula is C67H68N8O10. The number of benzene rings is 7. The Balaban J connectivity index is 0.801. The van der Waals surface area contributed by atoms with E-state index in [1.807, 2.05) is 84.9 Å². The van der Waals surface area contributed by atoms with Gasteiger partial charge in [0.05, 0.1) is 73.7 Å². The van der Waals surface area contributed by atoms with Crippen LogP contribution in [0.3, 0.4) is 0 Å². The predicted molar refractivity (Wildman–Crippen MR) is 327 cm³/mol. The number of aromatic nitrogens is 6. The Labute approximate surface area is 492 Å². The molecule has 1 saturated heterocycles. The average Bonchev–Trinajstić information content (AvgIpc) is 3.87. The van der Waals surface area contributed by atoms with Crippen LogP contribution in [0, 0.1) is 0 Å². The van der Waals surface area contributed by atoms with Crippen LogP contribution in [-0.2, 0) is 24.5 Å². The number of carbonyl (C=O) groups excluding carboxylic acids is 3. The third-order valence-corrected chi connectivity index (χ3v) is 15.2. The van der Waals surface area contributed by atoms with E-state index in [4.69, 9.17) is 48.1 Å². The predicted octanol–water partition coefficient (Wildman–Crippen LogP) is 13.1. The Kier molecular flexibility index (Phi) is 17.5. The summed E-state index contributed by atoms with van der Waals surface area (Å²) in [7, 11) is 3.33. The SMILES string of the molecule is CCOC(=O)n1c(-c2ccc(OCCCCCCOC(c3ccccc3)(c3ccc(OC)cc3)c3ccc(OC)cc3)cc2)nc2cc(-c3nc4cc(-c5nc6cc(N7CCNCC7)ccc6n5C(=O)OCC)ccc4n3C(=O)OCC)ccc21. The molecule has 10 aromatic rings. The van der Waals surface area contributed by atoms with Crippen molar-refractivity contribution in [2.45, 2.75) is 52.1 Å². The molecule has 0 aliphatic carbocycles. The Morgan fingerprint density at radius 2 is 0.894 bits per heavy atom. The fraction of sp³-hybridized carbons (Fsp3) is 0.284. The van der Waals surface area contributed by atoms with Crippen LogP contribution in [0.5, 0.6) is 17.2 Å². The molecule has 11 rings (SSSR count). The van der Waals surface area contributed by atoms with E-state index in [2.05, 4.69) is 46.6 Å². The lowest BCUT2D eigenvalue weighted by Gasteiger charge is -2.36. The van der Waals surface area contributed by atoms with Gasteiger partial charge in [0.15, 0.2) is 17.5 Å². The second-order valence-electron chi connectivity index (χ2n) is 20.4. The highest BCUT2D eigenvalue weighted by molar-refractivity contribution is 5.99. The minimum absolute atomic E-state index is 0.123. The number of imidazole rings is 3. The summed E-state index contributed by atoms with van der Waals surface area (Å²) in [4.78, 5) is 58.6. The number of unbranched alkanes of at least 4 members (excludes halogenated alkanes) is 3. The molecule has 85 heavy (non-hydrogen) atoms. The first-order valence-electron chi connectivity index (χ1n) is 28.9. The minimum Gasteiger partial charge on any atom is -0.497 e. The zero-order valence-corrected chi connectivity index (χ0v) is 48.4. The second-order valence-corrected chi connectivity index (χ2v) is 20.4. The Hall–Kier alpha value is -9.52. The van der Waals surface area contributed by atoms with Gasteiger partial charge >= 0.3 is 18.3 Å². The number of rotatable bonds is 21. The van der Waals surface area contributed by atoms with Crippen LogP contribution < -0.4 is 24.4 Å². The maximum absolute atomic E-state index is 13.9. The van der Waals surface area contributed by atoms with Gasteiger partial charge in [-0.05, 0) is 160 Å². The maximum atomic E-state index is 13.9. The second kappa shape index (κ2) is 26.0. The molecule has 3 aromatic heterocycles. The van der Waals surface area contributed by atoms with Crippen molar-refractivity contribution in [1.29, 1.82) is 0 Å². The van der Waals surface area contributed by atoms with Gasteiger partial charge in [0.1, 0.15) is 22.8 Å². The number of fused-ring (bicyclic) bond motifs is 3. The van der Waals surface area contributed by atoms with E-state index in [1.54, 1.807) is 71.4 Å². The largest absolute Gasteiger partial charge is 0.497 e. The van der Waals surface area contributed by atoms with Crippen LogP contribution in [0.1, 0.15) is 63.1 Å². The number of hydrogen-bond donors (Lipinski definition) is 1. The van der Waals surface area contributed by atoms with Gasteiger partial charge in [-0.2, -0.15) is 0 Å². The molecule has 18 heteroatoms. The number of nitrogens with zero attached hydrogens (tertiary/aromatic N) is 7. The summed E-state index contributed by atoms with van der Waals surface area (Å²) in [5.41, 5.74) is 8.06. The maximum Gasteiger partial charge on any atom is 0.420 e. The van der Waals surface area contributed by atoms with Crippen molar-refractivity contribution in [3.05, 3.63) is 174 Å². The Bertz CT molecular complexity index is 3920. The molecule has 1 aliphatic rings. The molecule has 0 amide bonds. The lowest BCUT2D eigenvalue weighted by Crippen LogP contribution is -2.43. The minimum atomic E-state index is -0.869. The number of hydrogen-bond acceptors (Lipinski definition) is 15.